The Morgan fingerprint density at radius 1 is 1.12 bits per heavy atom. The lowest BCUT2D eigenvalue weighted by atomic mass is 10.2. The summed E-state index contributed by atoms with van der Waals surface area (Å²) in [5, 5.41) is 28.0. The van der Waals surface area contributed by atoms with Crippen molar-refractivity contribution in [3.05, 3.63) is 66.6 Å². The van der Waals surface area contributed by atoms with Gasteiger partial charge in [-0.2, -0.15) is 5.26 Å². The molecule has 8 heteroatoms. The summed E-state index contributed by atoms with van der Waals surface area (Å²) in [7, 11) is 0. The molecule has 0 saturated heterocycles. The molecule has 122 valence electrons. The van der Waals surface area contributed by atoms with Crippen LogP contribution in [0.2, 0.25) is 0 Å². The first kappa shape index (κ1) is 14.7. The summed E-state index contributed by atoms with van der Waals surface area (Å²) in [6.07, 6.45) is 3.12. The average Bonchev–Trinajstić information content (AvgIpc) is 3.29. The van der Waals surface area contributed by atoms with E-state index in [1.807, 2.05) is 17.1 Å². The first-order valence-corrected chi connectivity index (χ1v) is 7.44. The van der Waals surface area contributed by atoms with Crippen LogP contribution in [0.4, 0.5) is 5.69 Å². The Labute approximate surface area is 142 Å². The van der Waals surface area contributed by atoms with Crippen molar-refractivity contribution in [1.29, 1.82) is 5.26 Å². The number of anilines is 1. The van der Waals surface area contributed by atoms with Crippen molar-refractivity contribution in [2.75, 3.05) is 5.01 Å². The van der Waals surface area contributed by atoms with Gasteiger partial charge in [-0.15, -0.1) is 10.2 Å². The van der Waals surface area contributed by atoms with Gasteiger partial charge in [0.05, 0.1) is 17.3 Å². The van der Waals surface area contributed by atoms with Gasteiger partial charge in [-0.05, 0) is 36.4 Å². The van der Waals surface area contributed by atoms with E-state index < -0.39 is 0 Å². The maximum atomic E-state index is 9.55. The van der Waals surface area contributed by atoms with Crippen molar-refractivity contribution in [2.24, 2.45) is 0 Å². The Morgan fingerprint density at radius 3 is 2.60 bits per heavy atom. The molecule has 0 bridgehead atoms. The highest BCUT2D eigenvalue weighted by Crippen LogP contribution is 2.23. The number of benzene rings is 2. The average molecular weight is 332 g/mol. The van der Waals surface area contributed by atoms with E-state index in [0.29, 0.717) is 29.1 Å². The number of aromatic hydroxyl groups is 1. The number of hydrogen-bond acceptors (Lipinski definition) is 7. The number of nitriles is 1. The van der Waals surface area contributed by atoms with Crippen LogP contribution in [0.3, 0.4) is 0 Å². The summed E-state index contributed by atoms with van der Waals surface area (Å²) in [5.41, 5.74) is 2.57. The molecule has 0 atom stereocenters. The Kier molecular flexibility index (Phi) is 3.52. The largest absolute Gasteiger partial charge is 0.508 e. The van der Waals surface area contributed by atoms with E-state index in [2.05, 4.69) is 21.3 Å². The van der Waals surface area contributed by atoms with Gasteiger partial charge in [-0.1, -0.05) is 0 Å². The molecule has 0 spiro atoms. The minimum atomic E-state index is 0.123. The van der Waals surface area contributed by atoms with Gasteiger partial charge in [-0.3, -0.25) is 5.01 Å². The number of fused-ring (bicyclic) bond motifs is 1. The molecule has 0 aliphatic carbocycles. The van der Waals surface area contributed by atoms with Gasteiger partial charge in [0.15, 0.2) is 5.58 Å². The number of rotatable bonds is 4. The molecular formula is C17H12N6O2. The zero-order chi connectivity index (χ0) is 17.2. The third kappa shape index (κ3) is 2.86. The van der Waals surface area contributed by atoms with E-state index in [-0.39, 0.29) is 5.75 Å². The van der Waals surface area contributed by atoms with Gasteiger partial charge < -0.3 is 9.52 Å². The highest BCUT2D eigenvalue weighted by Gasteiger charge is 2.15. The Morgan fingerprint density at radius 2 is 1.88 bits per heavy atom. The van der Waals surface area contributed by atoms with Gasteiger partial charge >= 0.3 is 0 Å². The third-order valence-corrected chi connectivity index (χ3v) is 3.68. The van der Waals surface area contributed by atoms with E-state index in [1.165, 1.54) is 6.07 Å². The number of oxazole rings is 1. The number of hydrogen-bond donors (Lipinski definition) is 1. The van der Waals surface area contributed by atoms with E-state index in [0.717, 1.165) is 5.69 Å². The number of phenols is 1. The fourth-order valence-corrected chi connectivity index (χ4v) is 2.49. The summed E-state index contributed by atoms with van der Waals surface area (Å²) < 4.78 is 7.43. The molecule has 4 rings (SSSR count). The summed E-state index contributed by atoms with van der Waals surface area (Å²) in [6.45, 7) is 0.319. The highest BCUT2D eigenvalue weighted by molar-refractivity contribution is 5.74. The normalized spacial score (nSPS) is 10.7. The van der Waals surface area contributed by atoms with Crippen molar-refractivity contribution in [1.82, 2.24) is 19.9 Å². The summed E-state index contributed by atoms with van der Waals surface area (Å²) >= 11 is 0. The maximum Gasteiger partial charge on any atom is 0.217 e. The lowest BCUT2D eigenvalue weighted by Crippen LogP contribution is -2.28. The molecule has 0 fully saturated rings. The lowest BCUT2D eigenvalue weighted by Gasteiger charge is -2.23. The third-order valence-electron chi connectivity index (χ3n) is 3.68. The standard InChI is InChI=1S/C17H12N6O2/c18-8-12-1-3-13(4-2-12)23(22-10-19-20-11-22)9-17-21-15-6-5-14(24)7-16(15)25-17/h1-7,10-11,24H,9H2. The van der Waals surface area contributed by atoms with E-state index in [9.17, 15) is 5.11 Å². The summed E-state index contributed by atoms with van der Waals surface area (Å²) in [4.78, 5) is 4.44. The Hall–Kier alpha value is -3.86. The van der Waals surface area contributed by atoms with Gasteiger partial charge in [0, 0.05) is 6.07 Å². The van der Waals surface area contributed by atoms with Crippen molar-refractivity contribution >= 4 is 16.8 Å². The number of aromatic nitrogens is 4. The quantitative estimate of drug-likeness (QED) is 0.612. The van der Waals surface area contributed by atoms with Crippen LogP contribution < -0.4 is 5.01 Å². The predicted molar refractivity (Wildman–Crippen MR) is 88.4 cm³/mol. The van der Waals surface area contributed by atoms with Crippen LogP contribution in [0.25, 0.3) is 11.1 Å². The molecule has 25 heavy (non-hydrogen) atoms. The zero-order valence-corrected chi connectivity index (χ0v) is 12.9. The van der Waals surface area contributed by atoms with Crippen molar-refractivity contribution in [2.45, 2.75) is 6.54 Å². The Balaban J connectivity index is 1.71. The molecular weight excluding hydrogens is 320 g/mol. The van der Waals surface area contributed by atoms with E-state index >= 15 is 0 Å². The second-order valence-corrected chi connectivity index (χ2v) is 5.32. The van der Waals surface area contributed by atoms with Gasteiger partial charge in [0.1, 0.15) is 30.5 Å². The maximum absolute atomic E-state index is 9.55. The van der Waals surface area contributed by atoms with E-state index in [1.54, 1.807) is 41.6 Å². The molecule has 4 aromatic rings. The van der Waals surface area contributed by atoms with Crippen LogP contribution in [0, 0.1) is 11.3 Å². The molecule has 2 aromatic carbocycles. The first-order chi connectivity index (χ1) is 12.2. The lowest BCUT2D eigenvalue weighted by molar-refractivity contribution is 0.471. The van der Waals surface area contributed by atoms with Crippen molar-refractivity contribution in [3.8, 4) is 11.8 Å². The number of nitrogens with zero attached hydrogens (tertiary/aromatic N) is 6. The smallest absolute Gasteiger partial charge is 0.217 e. The van der Waals surface area contributed by atoms with Crippen LogP contribution in [-0.2, 0) is 6.54 Å². The van der Waals surface area contributed by atoms with Crippen molar-refractivity contribution in [3.63, 3.8) is 0 Å². The van der Waals surface area contributed by atoms with Crippen LogP contribution in [-0.4, -0.2) is 25.0 Å². The van der Waals surface area contributed by atoms with Gasteiger partial charge in [0.25, 0.3) is 0 Å². The highest BCUT2D eigenvalue weighted by atomic mass is 16.4. The zero-order valence-electron chi connectivity index (χ0n) is 12.9. The van der Waals surface area contributed by atoms with Crippen LogP contribution in [0.1, 0.15) is 11.5 Å². The van der Waals surface area contributed by atoms with Gasteiger partial charge in [0.2, 0.25) is 5.89 Å². The van der Waals surface area contributed by atoms with Gasteiger partial charge in [-0.25, -0.2) is 9.66 Å². The molecule has 2 heterocycles. The van der Waals surface area contributed by atoms with Crippen LogP contribution in [0.15, 0.2) is 59.5 Å². The molecule has 0 unspecified atom stereocenters. The molecule has 0 amide bonds. The molecule has 1 N–H and O–H groups in total. The number of phenolic OH excluding ortho intramolecular Hbond substituents is 1. The Bertz CT molecular complexity index is 1050. The fourth-order valence-electron chi connectivity index (χ4n) is 2.49. The second-order valence-electron chi connectivity index (χ2n) is 5.32. The summed E-state index contributed by atoms with van der Waals surface area (Å²) in [6, 6.07) is 14.0. The SMILES string of the molecule is N#Cc1ccc(N(Cc2nc3ccc(O)cc3o2)n2cnnc2)cc1. The molecule has 0 aliphatic rings. The summed E-state index contributed by atoms with van der Waals surface area (Å²) in [5.74, 6) is 0.594. The molecule has 2 aromatic heterocycles. The predicted octanol–water partition coefficient (Wildman–Crippen LogP) is 2.47. The molecule has 0 saturated carbocycles. The molecule has 0 aliphatic heterocycles. The monoisotopic (exact) mass is 332 g/mol. The second kappa shape index (κ2) is 5.98. The van der Waals surface area contributed by atoms with Crippen LogP contribution >= 0.6 is 0 Å². The fraction of sp³-hybridized carbons (Fsp3) is 0.0588. The molecule has 8 nitrogen and oxygen atoms in total. The topological polar surface area (TPSA) is 104 Å². The van der Waals surface area contributed by atoms with E-state index in [4.69, 9.17) is 9.68 Å². The minimum absolute atomic E-state index is 0.123. The first-order valence-electron chi connectivity index (χ1n) is 7.44. The molecule has 0 radical (unpaired) electrons. The van der Waals surface area contributed by atoms with Crippen molar-refractivity contribution < 1.29 is 9.52 Å². The minimum Gasteiger partial charge on any atom is -0.508 e. The van der Waals surface area contributed by atoms with Crippen LogP contribution in [0.5, 0.6) is 5.75 Å².